The van der Waals surface area contributed by atoms with Crippen molar-refractivity contribution in [2.45, 2.75) is 11.8 Å². The lowest BCUT2D eigenvalue weighted by atomic mass is 10.2. The van der Waals surface area contributed by atoms with Gasteiger partial charge in [0.05, 0.1) is 11.4 Å². The fourth-order valence-corrected chi connectivity index (χ4v) is 4.64. The molecule has 0 spiro atoms. The van der Waals surface area contributed by atoms with Crippen molar-refractivity contribution in [2.24, 2.45) is 0 Å². The molecule has 1 amide bonds. The van der Waals surface area contributed by atoms with Crippen LogP contribution in [0.1, 0.15) is 6.92 Å². The second-order valence-electron chi connectivity index (χ2n) is 6.59. The van der Waals surface area contributed by atoms with Gasteiger partial charge in [-0.05, 0) is 36.4 Å². The Hall–Kier alpha value is -2.45. The maximum absolute atomic E-state index is 13.1. The van der Waals surface area contributed by atoms with Crippen LogP contribution in [0.3, 0.4) is 0 Å². The van der Waals surface area contributed by atoms with E-state index in [-0.39, 0.29) is 29.7 Å². The second-order valence-corrected chi connectivity index (χ2v) is 8.53. The zero-order chi connectivity index (χ0) is 20.1. The Balaban J connectivity index is 1.61. The number of anilines is 1. The van der Waals surface area contributed by atoms with E-state index >= 15 is 0 Å². The molecule has 2 aromatic carbocycles. The predicted octanol–water partition coefficient (Wildman–Crippen LogP) is 2.19. The minimum absolute atomic E-state index is 0.176. The van der Waals surface area contributed by atoms with Gasteiger partial charge in [0.1, 0.15) is 5.82 Å². The maximum atomic E-state index is 13.1. The van der Waals surface area contributed by atoms with Crippen molar-refractivity contribution in [1.82, 2.24) is 9.21 Å². The quantitative estimate of drug-likeness (QED) is 0.739. The Bertz CT molecular complexity index is 896. The number of carbonyl (C=O) groups is 1. The van der Waals surface area contributed by atoms with Crippen molar-refractivity contribution in [3.63, 3.8) is 0 Å². The third-order valence-electron chi connectivity index (χ3n) is 4.87. The molecule has 1 saturated heterocycles. The number of benzene rings is 2. The summed E-state index contributed by atoms with van der Waals surface area (Å²) in [6.45, 7) is 4.01. The average molecular weight is 405 g/mol. The smallest absolute Gasteiger partial charge is 0.243 e. The van der Waals surface area contributed by atoms with Crippen molar-refractivity contribution >= 4 is 21.6 Å². The van der Waals surface area contributed by atoms with Crippen LogP contribution >= 0.6 is 0 Å². The van der Waals surface area contributed by atoms with E-state index < -0.39 is 10.0 Å². The zero-order valence-corrected chi connectivity index (χ0v) is 16.6. The molecule has 0 N–H and O–H groups in total. The van der Waals surface area contributed by atoms with Crippen LogP contribution in [0.4, 0.5) is 10.1 Å². The molecule has 0 radical (unpaired) electrons. The first-order valence-corrected chi connectivity index (χ1v) is 10.7. The SMILES string of the molecule is CCN(CC(=O)N1CCN(c2ccc(F)cc2)CC1)S(=O)(=O)c1ccccc1. The van der Waals surface area contributed by atoms with Gasteiger partial charge in [0, 0.05) is 38.4 Å². The van der Waals surface area contributed by atoms with E-state index in [1.807, 2.05) is 0 Å². The minimum atomic E-state index is -3.70. The van der Waals surface area contributed by atoms with E-state index in [0.29, 0.717) is 26.2 Å². The highest BCUT2D eigenvalue weighted by Gasteiger charge is 2.28. The molecular weight excluding hydrogens is 381 g/mol. The third-order valence-corrected chi connectivity index (χ3v) is 6.80. The van der Waals surface area contributed by atoms with Gasteiger partial charge in [-0.3, -0.25) is 4.79 Å². The highest BCUT2D eigenvalue weighted by atomic mass is 32.2. The number of halogens is 1. The zero-order valence-electron chi connectivity index (χ0n) is 15.8. The maximum Gasteiger partial charge on any atom is 0.243 e. The van der Waals surface area contributed by atoms with Gasteiger partial charge in [0.2, 0.25) is 15.9 Å². The molecular formula is C20H24FN3O3S. The van der Waals surface area contributed by atoms with E-state index in [0.717, 1.165) is 5.69 Å². The predicted molar refractivity (Wildman–Crippen MR) is 106 cm³/mol. The molecule has 0 aliphatic carbocycles. The summed E-state index contributed by atoms with van der Waals surface area (Å²) in [5, 5.41) is 0. The Kier molecular flexibility index (Phi) is 6.31. The molecule has 0 aromatic heterocycles. The molecule has 1 aliphatic rings. The van der Waals surface area contributed by atoms with Crippen molar-refractivity contribution in [3.05, 3.63) is 60.4 Å². The first-order chi connectivity index (χ1) is 13.4. The first-order valence-electron chi connectivity index (χ1n) is 9.25. The molecule has 150 valence electrons. The van der Waals surface area contributed by atoms with Gasteiger partial charge in [0.25, 0.3) is 0 Å². The second kappa shape index (κ2) is 8.70. The van der Waals surface area contributed by atoms with Crippen LogP contribution in [-0.4, -0.2) is 62.8 Å². The van der Waals surface area contributed by atoms with Crippen LogP contribution in [-0.2, 0) is 14.8 Å². The van der Waals surface area contributed by atoms with Crippen LogP contribution < -0.4 is 4.90 Å². The van der Waals surface area contributed by atoms with E-state index in [1.165, 1.54) is 28.6 Å². The van der Waals surface area contributed by atoms with Gasteiger partial charge in [-0.25, -0.2) is 12.8 Å². The Morgan fingerprint density at radius 1 is 1.00 bits per heavy atom. The van der Waals surface area contributed by atoms with Gasteiger partial charge in [-0.15, -0.1) is 0 Å². The molecule has 0 atom stereocenters. The van der Waals surface area contributed by atoms with Crippen LogP contribution in [0.15, 0.2) is 59.5 Å². The van der Waals surface area contributed by atoms with E-state index in [2.05, 4.69) is 4.90 Å². The lowest BCUT2D eigenvalue weighted by Gasteiger charge is -2.36. The Labute approximate surface area is 165 Å². The number of piperazine rings is 1. The summed E-state index contributed by atoms with van der Waals surface area (Å²) in [5.41, 5.74) is 0.912. The highest BCUT2D eigenvalue weighted by Crippen LogP contribution is 2.18. The molecule has 0 bridgehead atoms. The van der Waals surface area contributed by atoms with Gasteiger partial charge in [-0.1, -0.05) is 25.1 Å². The van der Waals surface area contributed by atoms with Crippen LogP contribution in [0.2, 0.25) is 0 Å². The standard InChI is InChI=1S/C20H24FN3O3S/c1-2-24(28(26,27)19-6-4-3-5-7-19)16-20(25)23-14-12-22(13-15-23)18-10-8-17(21)9-11-18/h3-11H,2,12-16H2,1H3. The van der Waals surface area contributed by atoms with E-state index in [4.69, 9.17) is 0 Å². The Morgan fingerprint density at radius 2 is 1.61 bits per heavy atom. The topological polar surface area (TPSA) is 60.9 Å². The number of carbonyl (C=O) groups excluding carboxylic acids is 1. The average Bonchev–Trinajstić information content (AvgIpc) is 2.73. The van der Waals surface area contributed by atoms with Gasteiger partial charge < -0.3 is 9.80 Å². The molecule has 28 heavy (non-hydrogen) atoms. The number of hydrogen-bond donors (Lipinski definition) is 0. The van der Waals surface area contributed by atoms with Crippen LogP contribution in [0.5, 0.6) is 0 Å². The number of sulfonamides is 1. The Morgan fingerprint density at radius 3 is 2.18 bits per heavy atom. The molecule has 6 nitrogen and oxygen atoms in total. The van der Waals surface area contributed by atoms with Crippen LogP contribution in [0.25, 0.3) is 0 Å². The fraction of sp³-hybridized carbons (Fsp3) is 0.350. The molecule has 8 heteroatoms. The largest absolute Gasteiger partial charge is 0.368 e. The summed E-state index contributed by atoms with van der Waals surface area (Å²) >= 11 is 0. The number of likely N-dealkylation sites (N-methyl/N-ethyl adjacent to an activating group) is 1. The summed E-state index contributed by atoms with van der Waals surface area (Å²) < 4.78 is 39.8. The third kappa shape index (κ3) is 4.51. The normalized spacial score (nSPS) is 15.1. The lowest BCUT2D eigenvalue weighted by Crippen LogP contribution is -2.51. The van der Waals surface area contributed by atoms with Gasteiger partial charge in [-0.2, -0.15) is 4.31 Å². The van der Waals surface area contributed by atoms with Crippen molar-refractivity contribution in [1.29, 1.82) is 0 Å². The first kappa shape index (κ1) is 20.3. The lowest BCUT2D eigenvalue weighted by molar-refractivity contribution is -0.131. The van der Waals surface area contributed by atoms with Crippen molar-refractivity contribution in [3.8, 4) is 0 Å². The molecule has 1 aliphatic heterocycles. The van der Waals surface area contributed by atoms with Gasteiger partial charge >= 0.3 is 0 Å². The summed E-state index contributed by atoms with van der Waals surface area (Å²) in [6.07, 6.45) is 0. The summed E-state index contributed by atoms with van der Waals surface area (Å²) in [5.74, 6) is -0.489. The van der Waals surface area contributed by atoms with E-state index in [1.54, 1.807) is 42.2 Å². The number of amides is 1. The fourth-order valence-electron chi connectivity index (χ4n) is 3.23. The van der Waals surface area contributed by atoms with Crippen LogP contribution in [0, 0.1) is 5.82 Å². The summed E-state index contributed by atoms with van der Waals surface area (Å²) in [4.78, 5) is 16.6. The van der Waals surface area contributed by atoms with Crippen molar-refractivity contribution in [2.75, 3.05) is 44.2 Å². The van der Waals surface area contributed by atoms with E-state index in [9.17, 15) is 17.6 Å². The number of nitrogens with zero attached hydrogens (tertiary/aromatic N) is 3. The van der Waals surface area contributed by atoms with Gasteiger partial charge in [0.15, 0.2) is 0 Å². The summed E-state index contributed by atoms with van der Waals surface area (Å²) in [7, 11) is -3.70. The minimum Gasteiger partial charge on any atom is -0.368 e. The summed E-state index contributed by atoms with van der Waals surface area (Å²) in [6, 6.07) is 14.4. The number of hydrogen-bond acceptors (Lipinski definition) is 4. The molecule has 0 unspecified atom stereocenters. The number of rotatable bonds is 6. The molecule has 2 aromatic rings. The van der Waals surface area contributed by atoms with Crippen molar-refractivity contribution < 1.29 is 17.6 Å². The molecule has 1 fully saturated rings. The highest BCUT2D eigenvalue weighted by molar-refractivity contribution is 7.89. The monoisotopic (exact) mass is 405 g/mol. The molecule has 0 saturated carbocycles. The molecule has 1 heterocycles. The molecule has 3 rings (SSSR count).